The number of allylic oxidation sites excluding steroid dienone is 1. The minimum Gasteiger partial charge on any atom is -0.490 e. The third kappa shape index (κ3) is 6.95. The lowest BCUT2D eigenvalue weighted by molar-refractivity contribution is 0.0131. The average Bonchev–Trinajstić information content (AvgIpc) is 3.67. The SMILES string of the molecule is CO[C@H]1/C=C/C[C@H](C)CS(=O)(NC(=O)N[C@@H]2CC2(F)F)=NC(=O)c2ccc3c(c2)N(C[C@@H]2CC[C@H]21)C[C@@]1(CCCc2cc(C)ccc21)CO3. The summed E-state index contributed by atoms with van der Waals surface area (Å²) in [5.41, 5.74) is 4.68. The van der Waals surface area contributed by atoms with Gasteiger partial charge in [0.25, 0.3) is 11.8 Å². The monoisotopic (exact) mass is 696 g/mol. The highest BCUT2D eigenvalue weighted by Gasteiger charge is 2.58. The third-order valence-corrected chi connectivity index (χ3v) is 13.1. The molecule has 264 valence electrons. The van der Waals surface area contributed by atoms with Crippen molar-refractivity contribution in [3.05, 3.63) is 70.8 Å². The summed E-state index contributed by atoms with van der Waals surface area (Å²) in [5, 5.41) is 2.17. The smallest absolute Gasteiger partial charge is 0.327 e. The standard InChI is InChI=1S/C37H46F2N4O5S/c1-23-9-13-29-25(16-23)7-5-15-36(29)21-43-19-27-10-12-28(27)31(47-3)8-4-6-24(2)20-49(46,42-35(45)40-33-18-37(33,38)39)41-34(44)26-11-14-32(48-22-36)30(43)17-26/h4,8-9,11,13-14,16-17,24,27-28,31,33H,5-7,10,12,15,18-22H2,1-3H3,(H2,40,41,42,44,45,46)/b8-4+/t24-,27-,28+,31-,33+,36-,49?/m0/s1. The van der Waals surface area contributed by atoms with Crippen LogP contribution in [0.2, 0.25) is 0 Å². The van der Waals surface area contributed by atoms with Crippen LogP contribution >= 0.6 is 0 Å². The Morgan fingerprint density at radius 1 is 1.18 bits per heavy atom. The van der Waals surface area contributed by atoms with Crippen molar-refractivity contribution in [2.45, 2.75) is 82.3 Å². The van der Waals surface area contributed by atoms with E-state index in [1.165, 1.54) is 16.7 Å². The van der Waals surface area contributed by atoms with Crippen LogP contribution < -0.4 is 19.7 Å². The van der Waals surface area contributed by atoms with Gasteiger partial charge in [-0.05, 0) is 92.5 Å². The molecular formula is C37H46F2N4O5S. The Kier molecular flexibility index (Phi) is 9.00. The van der Waals surface area contributed by atoms with E-state index in [1.54, 1.807) is 25.3 Å². The number of rotatable bonds is 3. The molecule has 12 heteroatoms. The summed E-state index contributed by atoms with van der Waals surface area (Å²) in [6.07, 6.45) is 9.17. The predicted molar refractivity (Wildman–Crippen MR) is 185 cm³/mol. The molecule has 3 aliphatic carbocycles. The molecule has 2 saturated carbocycles. The first-order valence-electron chi connectivity index (χ1n) is 17.4. The second kappa shape index (κ2) is 13.0. The molecule has 2 aromatic carbocycles. The summed E-state index contributed by atoms with van der Waals surface area (Å²) in [5.74, 6) is -2.79. The number of carbonyl (C=O) groups is 2. The van der Waals surface area contributed by atoms with Crippen molar-refractivity contribution in [2.24, 2.45) is 22.1 Å². The van der Waals surface area contributed by atoms with Crippen molar-refractivity contribution in [2.75, 3.05) is 37.5 Å². The lowest BCUT2D eigenvalue weighted by Crippen LogP contribution is -2.49. The molecule has 7 rings (SSSR count). The van der Waals surface area contributed by atoms with Gasteiger partial charge in [0.05, 0.1) is 24.2 Å². The van der Waals surface area contributed by atoms with E-state index in [0.29, 0.717) is 37.2 Å². The number of nitrogens with one attached hydrogen (secondary N) is 2. The summed E-state index contributed by atoms with van der Waals surface area (Å²) in [7, 11) is -1.96. The predicted octanol–water partition coefficient (Wildman–Crippen LogP) is 6.34. The minimum absolute atomic E-state index is 0.0973. The van der Waals surface area contributed by atoms with Crippen LogP contribution in [0.3, 0.4) is 0 Å². The number of fused-ring (bicyclic) bond motifs is 4. The van der Waals surface area contributed by atoms with Gasteiger partial charge in [0.15, 0.2) is 0 Å². The van der Waals surface area contributed by atoms with Gasteiger partial charge in [-0.1, -0.05) is 42.8 Å². The molecule has 9 nitrogen and oxygen atoms in total. The molecule has 1 spiro atoms. The molecule has 0 radical (unpaired) electrons. The van der Waals surface area contributed by atoms with Gasteiger partial charge in [-0.3, -0.25) is 9.52 Å². The molecule has 0 saturated heterocycles. The minimum atomic E-state index is -3.69. The first-order valence-corrected chi connectivity index (χ1v) is 19.1. The molecule has 2 heterocycles. The average molecular weight is 697 g/mol. The zero-order valence-electron chi connectivity index (χ0n) is 28.4. The van der Waals surface area contributed by atoms with E-state index in [-0.39, 0.29) is 28.8 Å². The normalized spacial score (nSPS) is 34.2. The maximum atomic E-state index is 14.2. The first kappa shape index (κ1) is 34.0. The Hall–Kier alpha value is -3.51. The Morgan fingerprint density at radius 3 is 2.73 bits per heavy atom. The first-order chi connectivity index (χ1) is 23.4. The van der Waals surface area contributed by atoms with Crippen molar-refractivity contribution < 1.29 is 32.1 Å². The van der Waals surface area contributed by atoms with Crippen molar-refractivity contribution in [3.8, 4) is 5.75 Å². The maximum Gasteiger partial charge on any atom is 0.327 e. The van der Waals surface area contributed by atoms with Gasteiger partial charge < -0.3 is 19.7 Å². The largest absolute Gasteiger partial charge is 0.490 e. The quantitative estimate of drug-likeness (QED) is 0.363. The number of amides is 3. The Balaban J connectivity index is 1.28. The van der Waals surface area contributed by atoms with Crippen LogP contribution in [0.5, 0.6) is 5.75 Å². The number of urea groups is 1. The van der Waals surface area contributed by atoms with Crippen LogP contribution in [0.25, 0.3) is 0 Å². The molecule has 2 N–H and O–H groups in total. The van der Waals surface area contributed by atoms with Crippen molar-refractivity contribution in [1.29, 1.82) is 0 Å². The number of methoxy groups -OCH3 is 1. The fourth-order valence-corrected chi connectivity index (χ4v) is 10.1. The molecule has 5 aliphatic rings. The van der Waals surface area contributed by atoms with E-state index < -0.39 is 40.2 Å². The van der Waals surface area contributed by atoms with Crippen LogP contribution in [0.1, 0.15) is 72.5 Å². The van der Waals surface area contributed by atoms with E-state index in [9.17, 15) is 22.6 Å². The zero-order chi connectivity index (χ0) is 34.6. The summed E-state index contributed by atoms with van der Waals surface area (Å²) >= 11 is 0. The number of halogens is 2. The van der Waals surface area contributed by atoms with Gasteiger partial charge in [-0.2, -0.15) is 0 Å². The molecule has 0 aromatic heterocycles. The molecule has 2 aliphatic heterocycles. The number of ether oxygens (including phenoxy) is 2. The molecule has 3 amide bonds. The highest BCUT2D eigenvalue weighted by atomic mass is 32.2. The molecule has 1 unspecified atom stereocenters. The fourth-order valence-electron chi connectivity index (χ4n) is 8.23. The molecule has 2 bridgehead atoms. The lowest BCUT2D eigenvalue weighted by atomic mass is 9.68. The third-order valence-electron chi connectivity index (χ3n) is 11.1. The Bertz CT molecular complexity index is 1790. The van der Waals surface area contributed by atoms with Gasteiger partial charge >= 0.3 is 6.03 Å². The van der Waals surface area contributed by atoms with Gasteiger partial charge in [-0.15, -0.1) is 4.36 Å². The number of aryl methyl sites for hydroxylation is 2. The van der Waals surface area contributed by atoms with Crippen molar-refractivity contribution >= 4 is 27.5 Å². The number of hydrogen-bond acceptors (Lipinski definition) is 6. The van der Waals surface area contributed by atoms with Gasteiger partial charge in [0.2, 0.25) is 0 Å². The van der Waals surface area contributed by atoms with Gasteiger partial charge in [0, 0.05) is 37.6 Å². The van der Waals surface area contributed by atoms with Gasteiger partial charge in [0.1, 0.15) is 21.7 Å². The van der Waals surface area contributed by atoms with E-state index in [0.717, 1.165) is 44.3 Å². The number of anilines is 1. The van der Waals surface area contributed by atoms with Crippen LogP contribution in [-0.4, -0.2) is 66.8 Å². The second-order valence-electron chi connectivity index (χ2n) is 14.9. The zero-order valence-corrected chi connectivity index (χ0v) is 29.2. The number of hydrogen-bond donors (Lipinski definition) is 2. The number of alkyl halides is 2. The van der Waals surface area contributed by atoms with E-state index in [4.69, 9.17) is 9.47 Å². The maximum absolute atomic E-state index is 14.2. The Labute approximate surface area is 287 Å². The van der Waals surface area contributed by atoms with Gasteiger partial charge in [-0.25, -0.2) is 17.8 Å². The molecule has 49 heavy (non-hydrogen) atoms. The van der Waals surface area contributed by atoms with Crippen molar-refractivity contribution in [3.63, 3.8) is 0 Å². The lowest BCUT2D eigenvalue weighted by Gasteiger charge is -2.46. The highest BCUT2D eigenvalue weighted by molar-refractivity contribution is 7.92. The van der Waals surface area contributed by atoms with Crippen LogP contribution in [0, 0.1) is 24.7 Å². The van der Waals surface area contributed by atoms with E-state index in [2.05, 4.69) is 50.5 Å². The second-order valence-corrected chi connectivity index (χ2v) is 16.9. The Morgan fingerprint density at radius 2 is 2.00 bits per heavy atom. The summed E-state index contributed by atoms with van der Waals surface area (Å²) in [6, 6.07) is 9.52. The highest BCUT2D eigenvalue weighted by Crippen LogP contribution is 2.47. The van der Waals surface area contributed by atoms with Crippen LogP contribution in [0.4, 0.5) is 19.3 Å². The number of benzene rings is 2. The van der Waals surface area contributed by atoms with Crippen LogP contribution in [0.15, 0.2) is 52.9 Å². The summed E-state index contributed by atoms with van der Waals surface area (Å²) < 4.78 is 60.3. The van der Waals surface area contributed by atoms with Crippen molar-refractivity contribution in [1.82, 2.24) is 10.0 Å². The van der Waals surface area contributed by atoms with E-state index >= 15 is 0 Å². The molecule has 7 atom stereocenters. The molecule has 2 aromatic rings. The fraction of sp³-hybridized carbons (Fsp3) is 0.568. The molecule has 2 fully saturated rings. The van der Waals surface area contributed by atoms with Crippen LogP contribution in [-0.2, 0) is 26.5 Å². The number of nitrogens with zero attached hydrogens (tertiary/aromatic N) is 2. The summed E-state index contributed by atoms with van der Waals surface area (Å²) in [6.45, 7) is 5.96. The summed E-state index contributed by atoms with van der Waals surface area (Å²) in [4.78, 5) is 28.9. The van der Waals surface area contributed by atoms with E-state index in [1.807, 2.05) is 13.0 Å². The molecular weight excluding hydrogens is 650 g/mol. The number of carbonyl (C=O) groups excluding carboxylic acids is 2. The topological polar surface area (TPSA) is 109 Å².